The molecule has 0 spiro atoms. The number of hydrogen-bond donors (Lipinski definition) is 1. The van der Waals surface area contributed by atoms with E-state index in [1.54, 1.807) is 42.6 Å². The van der Waals surface area contributed by atoms with E-state index in [2.05, 4.69) is 19.7 Å². The minimum absolute atomic E-state index is 0.347. The van der Waals surface area contributed by atoms with Gasteiger partial charge in [0.15, 0.2) is 5.82 Å². The first-order chi connectivity index (χ1) is 10.6. The number of rotatable bonds is 3. The van der Waals surface area contributed by atoms with Crippen molar-refractivity contribution in [1.82, 2.24) is 14.3 Å². The van der Waals surface area contributed by atoms with Gasteiger partial charge in [0.1, 0.15) is 5.69 Å². The number of amides is 1. The highest BCUT2D eigenvalue weighted by Gasteiger charge is 2.15. The van der Waals surface area contributed by atoms with Gasteiger partial charge < -0.3 is 0 Å². The normalized spacial score (nSPS) is 10.5. The Balaban J connectivity index is 1.82. The van der Waals surface area contributed by atoms with E-state index in [1.165, 1.54) is 0 Å². The molecule has 1 N–H and O–H groups in total. The minimum atomic E-state index is -0.347. The van der Waals surface area contributed by atoms with Gasteiger partial charge in [0.25, 0.3) is 5.91 Å². The second-order valence-electron chi connectivity index (χ2n) is 4.19. The highest BCUT2D eigenvalue weighted by atomic mass is 35.5. The van der Waals surface area contributed by atoms with Gasteiger partial charge in [-0.25, -0.2) is 0 Å². The van der Waals surface area contributed by atoms with Crippen LogP contribution >= 0.6 is 34.7 Å². The van der Waals surface area contributed by atoms with Crippen LogP contribution in [0.5, 0.6) is 0 Å². The molecular formula is C14H8Cl2N4OS. The first kappa shape index (κ1) is 14.9. The molecule has 8 heteroatoms. The van der Waals surface area contributed by atoms with Crippen LogP contribution in [-0.2, 0) is 0 Å². The Morgan fingerprint density at radius 1 is 1.09 bits per heavy atom. The van der Waals surface area contributed by atoms with Crippen LogP contribution in [0.1, 0.15) is 10.4 Å². The van der Waals surface area contributed by atoms with Crippen LogP contribution < -0.4 is 5.32 Å². The van der Waals surface area contributed by atoms with Gasteiger partial charge in [0, 0.05) is 17.7 Å². The molecule has 0 fully saturated rings. The van der Waals surface area contributed by atoms with E-state index in [0.717, 1.165) is 11.5 Å². The lowest BCUT2D eigenvalue weighted by molar-refractivity contribution is 0.102. The lowest BCUT2D eigenvalue weighted by atomic mass is 10.2. The average Bonchev–Trinajstić information content (AvgIpc) is 2.96. The van der Waals surface area contributed by atoms with Crippen molar-refractivity contribution in [2.45, 2.75) is 0 Å². The highest BCUT2D eigenvalue weighted by molar-refractivity contribution is 7.10. The SMILES string of the molecule is O=C(Nc1nc(-c2ncccc2Cl)ns1)c1ccccc1Cl. The number of halogens is 2. The molecule has 0 saturated heterocycles. The van der Waals surface area contributed by atoms with Gasteiger partial charge >= 0.3 is 0 Å². The molecule has 0 atom stereocenters. The van der Waals surface area contributed by atoms with Crippen molar-refractivity contribution in [3.05, 3.63) is 58.2 Å². The van der Waals surface area contributed by atoms with Crippen molar-refractivity contribution in [2.75, 3.05) is 5.32 Å². The quantitative estimate of drug-likeness (QED) is 0.769. The summed E-state index contributed by atoms with van der Waals surface area (Å²) in [7, 11) is 0. The van der Waals surface area contributed by atoms with Gasteiger partial charge in [0.2, 0.25) is 5.13 Å². The van der Waals surface area contributed by atoms with Crippen molar-refractivity contribution in [3.8, 4) is 11.5 Å². The molecule has 1 aromatic carbocycles. The lowest BCUT2D eigenvalue weighted by Gasteiger charge is -2.02. The van der Waals surface area contributed by atoms with E-state index >= 15 is 0 Å². The molecule has 0 unspecified atom stereocenters. The third kappa shape index (κ3) is 3.09. The smallest absolute Gasteiger partial charge is 0.258 e. The van der Waals surface area contributed by atoms with Gasteiger partial charge in [-0.05, 0) is 24.3 Å². The molecule has 3 rings (SSSR count). The average molecular weight is 351 g/mol. The van der Waals surface area contributed by atoms with E-state index in [-0.39, 0.29) is 5.91 Å². The van der Waals surface area contributed by atoms with Crippen LogP contribution in [0.4, 0.5) is 5.13 Å². The van der Waals surface area contributed by atoms with Gasteiger partial charge in [-0.2, -0.15) is 9.36 Å². The third-order valence-electron chi connectivity index (χ3n) is 2.74. The second kappa shape index (κ2) is 6.39. The number of hydrogen-bond acceptors (Lipinski definition) is 5. The standard InChI is InChI=1S/C14H8Cl2N4OS/c15-9-5-2-1-4-8(9)13(21)19-14-18-12(20-22-14)11-10(16)6-3-7-17-11/h1-7H,(H,18,19,20,21). The first-order valence-corrected chi connectivity index (χ1v) is 7.68. The summed E-state index contributed by atoms with van der Waals surface area (Å²) in [5, 5.41) is 3.83. The number of benzene rings is 1. The van der Waals surface area contributed by atoms with E-state index in [4.69, 9.17) is 23.2 Å². The molecule has 0 radical (unpaired) electrons. The van der Waals surface area contributed by atoms with E-state index in [0.29, 0.717) is 32.3 Å². The molecule has 2 aromatic heterocycles. The second-order valence-corrected chi connectivity index (χ2v) is 5.76. The molecule has 0 bridgehead atoms. The summed E-state index contributed by atoms with van der Waals surface area (Å²) in [6.45, 7) is 0. The number of anilines is 1. The molecular weight excluding hydrogens is 343 g/mol. The number of pyridine rings is 1. The van der Waals surface area contributed by atoms with Gasteiger partial charge in [-0.15, -0.1) is 0 Å². The highest BCUT2D eigenvalue weighted by Crippen LogP contribution is 2.26. The van der Waals surface area contributed by atoms with Crippen molar-refractivity contribution in [3.63, 3.8) is 0 Å². The Morgan fingerprint density at radius 3 is 2.64 bits per heavy atom. The maximum atomic E-state index is 12.1. The Labute approximate surface area is 140 Å². The summed E-state index contributed by atoms with van der Waals surface area (Å²) in [5.41, 5.74) is 0.843. The number of carbonyl (C=O) groups excluding carboxylic acids is 1. The molecule has 0 aliphatic carbocycles. The molecule has 0 aliphatic rings. The predicted molar refractivity (Wildman–Crippen MR) is 87.6 cm³/mol. The summed E-state index contributed by atoms with van der Waals surface area (Å²) in [6, 6.07) is 10.2. The third-order valence-corrected chi connectivity index (χ3v) is 4.00. The van der Waals surface area contributed by atoms with Gasteiger partial charge in [-0.1, -0.05) is 35.3 Å². The fraction of sp³-hybridized carbons (Fsp3) is 0. The number of nitrogens with one attached hydrogen (secondary N) is 1. The number of nitrogens with zero attached hydrogens (tertiary/aromatic N) is 3. The zero-order valence-corrected chi connectivity index (χ0v) is 13.3. The van der Waals surface area contributed by atoms with Crippen LogP contribution in [-0.4, -0.2) is 20.2 Å². The predicted octanol–water partition coefficient (Wildman–Crippen LogP) is 4.16. The van der Waals surface area contributed by atoms with Crippen LogP contribution in [0, 0.1) is 0 Å². The van der Waals surface area contributed by atoms with E-state index < -0.39 is 0 Å². The molecule has 5 nitrogen and oxygen atoms in total. The molecule has 110 valence electrons. The Kier molecular flexibility index (Phi) is 4.33. The number of aromatic nitrogens is 3. The zero-order chi connectivity index (χ0) is 15.5. The lowest BCUT2D eigenvalue weighted by Crippen LogP contribution is -2.12. The Bertz CT molecular complexity index is 837. The minimum Gasteiger partial charge on any atom is -0.297 e. The molecule has 22 heavy (non-hydrogen) atoms. The maximum Gasteiger partial charge on any atom is 0.258 e. The van der Waals surface area contributed by atoms with Crippen molar-refractivity contribution >= 4 is 45.8 Å². The summed E-state index contributed by atoms with van der Waals surface area (Å²) < 4.78 is 4.15. The van der Waals surface area contributed by atoms with Gasteiger partial charge in [-0.3, -0.25) is 15.1 Å². The van der Waals surface area contributed by atoms with Crippen LogP contribution in [0.2, 0.25) is 10.0 Å². The maximum absolute atomic E-state index is 12.1. The summed E-state index contributed by atoms with van der Waals surface area (Å²) in [5.74, 6) is 0.0190. The van der Waals surface area contributed by atoms with Crippen molar-refractivity contribution < 1.29 is 4.79 Å². The van der Waals surface area contributed by atoms with Gasteiger partial charge in [0.05, 0.1) is 15.6 Å². The van der Waals surface area contributed by atoms with E-state index in [9.17, 15) is 4.79 Å². The topological polar surface area (TPSA) is 67.8 Å². The monoisotopic (exact) mass is 350 g/mol. The Hall–Kier alpha value is -2.02. The molecule has 2 heterocycles. The van der Waals surface area contributed by atoms with Crippen LogP contribution in [0.3, 0.4) is 0 Å². The molecule has 0 saturated carbocycles. The molecule has 1 amide bonds. The summed E-state index contributed by atoms with van der Waals surface area (Å²) in [6.07, 6.45) is 1.60. The summed E-state index contributed by atoms with van der Waals surface area (Å²) >= 11 is 13.1. The van der Waals surface area contributed by atoms with Crippen molar-refractivity contribution in [2.24, 2.45) is 0 Å². The largest absolute Gasteiger partial charge is 0.297 e. The zero-order valence-electron chi connectivity index (χ0n) is 11.0. The molecule has 0 aliphatic heterocycles. The van der Waals surface area contributed by atoms with Crippen molar-refractivity contribution in [1.29, 1.82) is 0 Å². The fourth-order valence-electron chi connectivity index (χ4n) is 1.73. The number of carbonyl (C=O) groups is 1. The summed E-state index contributed by atoms with van der Waals surface area (Å²) in [4.78, 5) is 20.5. The van der Waals surface area contributed by atoms with Crippen LogP contribution in [0.25, 0.3) is 11.5 Å². The molecule has 3 aromatic rings. The van der Waals surface area contributed by atoms with Crippen LogP contribution in [0.15, 0.2) is 42.6 Å². The Morgan fingerprint density at radius 2 is 1.86 bits per heavy atom. The van der Waals surface area contributed by atoms with E-state index in [1.807, 2.05) is 0 Å². The first-order valence-electron chi connectivity index (χ1n) is 6.15. The fourth-order valence-corrected chi connectivity index (χ4v) is 2.72.